The van der Waals surface area contributed by atoms with Gasteiger partial charge >= 0.3 is 0 Å². The highest BCUT2D eigenvalue weighted by Crippen LogP contribution is 2.05. The molecule has 11 nitrogen and oxygen atoms in total. The van der Waals surface area contributed by atoms with Gasteiger partial charge in [-0.1, -0.05) is 14.9 Å². The fourth-order valence-electron chi connectivity index (χ4n) is 4.22. The van der Waals surface area contributed by atoms with Crippen molar-refractivity contribution in [3.8, 4) is 0 Å². The number of amidine groups is 3. The standard InChI is InChI=1S/2C6H11N.C5H10N2.2C5H9N.C4H8N2.C3H7N.C2H6N2.2CH4/c2*1-6-4-2-3-5-7-6;1-5-6-3-2-4-7-5;2*1-5-3-2-4-6-5;1-4-5-2-3-6-4;1-3(2)4;1-2(3)4;;/h2*2-5H2,1H3;2-4H2,1H3,(H,6,7);2*2-4H2,1H3;2-3H2,1H3,(H,5,6);4H,1-2H3;1H3,(H3,3,4);2*1H4. The Kier molecular flexibility index (Phi) is 40.3. The van der Waals surface area contributed by atoms with Gasteiger partial charge in [-0.25, -0.2) is 0 Å². The molecule has 0 amide bonds. The molecule has 6 N–H and O–H groups in total. The third kappa shape index (κ3) is 46.9. The lowest BCUT2D eigenvalue weighted by Crippen LogP contribution is -2.26. The second-order valence-corrected chi connectivity index (χ2v) is 12.4. The van der Waals surface area contributed by atoms with Crippen LogP contribution in [0.5, 0.6) is 0 Å². The van der Waals surface area contributed by atoms with Crippen molar-refractivity contribution in [3.63, 3.8) is 0 Å². The van der Waals surface area contributed by atoms with Crippen LogP contribution in [0.4, 0.5) is 0 Å². The molecule has 6 rings (SSSR count). The lowest BCUT2D eigenvalue weighted by molar-refractivity contribution is 0.736. The van der Waals surface area contributed by atoms with E-state index in [1.165, 1.54) is 100 Å². The number of hydrogen-bond acceptors (Lipinski definition) is 10. The minimum Gasteiger partial charge on any atom is -0.388 e. The Morgan fingerprint density at radius 3 is 0.857 bits per heavy atom. The smallest absolute Gasteiger partial charge is 0.0933 e. The summed E-state index contributed by atoms with van der Waals surface area (Å²) in [5.41, 5.74) is 10.7. The summed E-state index contributed by atoms with van der Waals surface area (Å²) in [6.07, 6.45) is 14.0. The Labute approximate surface area is 302 Å². The first-order chi connectivity index (χ1) is 22.3. The summed E-state index contributed by atoms with van der Waals surface area (Å²) < 4.78 is 0. The topological polar surface area (TPSA) is 172 Å². The van der Waals surface area contributed by atoms with Crippen LogP contribution in [0.2, 0.25) is 0 Å². The van der Waals surface area contributed by atoms with Crippen LogP contribution in [0.1, 0.15) is 148 Å². The van der Waals surface area contributed by atoms with Crippen molar-refractivity contribution in [2.24, 2.45) is 35.7 Å². The maximum atomic E-state index is 6.50. The Bertz CT molecular complexity index is 891. The van der Waals surface area contributed by atoms with Gasteiger partial charge < -0.3 is 21.8 Å². The van der Waals surface area contributed by atoms with Crippen LogP contribution >= 0.6 is 0 Å². The Balaban J connectivity index is -0.000000237. The van der Waals surface area contributed by atoms with Gasteiger partial charge in [-0.15, -0.1) is 0 Å². The van der Waals surface area contributed by atoms with E-state index in [9.17, 15) is 0 Å². The van der Waals surface area contributed by atoms with Crippen LogP contribution in [-0.4, -0.2) is 98.4 Å². The number of nitrogens with two attached hydrogens (primary N) is 1. The van der Waals surface area contributed by atoms with Crippen molar-refractivity contribution in [2.45, 2.75) is 148 Å². The van der Waals surface area contributed by atoms with E-state index in [1.54, 1.807) is 13.8 Å². The average Bonchev–Trinajstić information content (AvgIpc) is 3.81. The molecule has 6 heterocycles. The summed E-state index contributed by atoms with van der Waals surface area (Å²) in [6, 6.07) is 0. The first-order valence-electron chi connectivity index (χ1n) is 17.6. The molecule has 0 aliphatic carbocycles. The molecule has 6 aliphatic rings. The molecule has 0 bridgehead atoms. The minimum absolute atomic E-state index is 0. The molecular formula is C38H79N11. The van der Waals surface area contributed by atoms with Crippen LogP contribution in [-0.2, 0) is 0 Å². The molecule has 0 atom stereocenters. The molecule has 0 fully saturated rings. The number of nitrogens with zero attached hydrogens (tertiary/aromatic N) is 6. The van der Waals surface area contributed by atoms with Gasteiger partial charge in [0.05, 0.1) is 24.1 Å². The zero-order valence-corrected chi connectivity index (χ0v) is 31.7. The number of aliphatic imine (C=N–C) groups is 6. The maximum Gasteiger partial charge on any atom is 0.0933 e. The van der Waals surface area contributed by atoms with Crippen molar-refractivity contribution in [3.05, 3.63) is 0 Å². The normalized spacial score (nSPS) is 17.7. The highest BCUT2D eigenvalue weighted by Gasteiger charge is 1.99. The van der Waals surface area contributed by atoms with Crippen LogP contribution in [0.3, 0.4) is 0 Å². The average molecular weight is 690 g/mol. The van der Waals surface area contributed by atoms with Crippen molar-refractivity contribution < 1.29 is 0 Å². The number of hydrogen-bond donors (Lipinski definition) is 5. The van der Waals surface area contributed by atoms with E-state index in [0.29, 0.717) is 5.71 Å². The van der Waals surface area contributed by atoms with Crippen LogP contribution in [0, 0.1) is 10.8 Å². The number of nitrogens with one attached hydrogen (secondary N) is 4. The van der Waals surface area contributed by atoms with E-state index in [4.69, 9.17) is 16.6 Å². The Hall–Kier alpha value is -3.24. The fourth-order valence-corrected chi connectivity index (χ4v) is 4.22. The van der Waals surface area contributed by atoms with Gasteiger partial charge in [0.25, 0.3) is 0 Å². The first kappa shape index (κ1) is 52.6. The molecule has 0 spiro atoms. The molecule has 0 saturated carbocycles. The first-order valence-corrected chi connectivity index (χ1v) is 17.6. The van der Waals surface area contributed by atoms with Crippen LogP contribution in [0.15, 0.2) is 30.0 Å². The molecule has 0 saturated heterocycles. The zero-order valence-electron chi connectivity index (χ0n) is 31.7. The molecular weight excluding hydrogens is 610 g/mol. The second-order valence-electron chi connectivity index (χ2n) is 12.4. The number of rotatable bonds is 0. The molecule has 0 aromatic rings. The maximum absolute atomic E-state index is 6.50. The lowest BCUT2D eigenvalue weighted by atomic mass is 10.1. The molecule has 0 radical (unpaired) electrons. The fraction of sp³-hybridized carbons (Fsp3) is 0.789. The van der Waals surface area contributed by atoms with E-state index in [2.05, 4.69) is 68.3 Å². The van der Waals surface area contributed by atoms with E-state index in [-0.39, 0.29) is 20.7 Å². The minimum atomic E-state index is 0. The van der Waals surface area contributed by atoms with Crippen molar-refractivity contribution in [1.82, 2.24) is 10.6 Å². The highest BCUT2D eigenvalue weighted by molar-refractivity contribution is 5.84. The molecule has 49 heavy (non-hydrogen) atoms. The predicted molar refractivity (Wildman–Crippen MR) is 225 cm³/mol. The van der Waals surface area contributed by atoms with E-state index < -0.39 is 0 Å². The van der Waals surface area contributed by atoms with Crippen molar-refractivity contribution >= 4 is 46.1 Å². The van der Waals surface area contributed by atoms with E-state index in [0.717, 1.165) is 64.0 Å². The summed E-state index contributed by atoms with van der Waals surface area (Å²) in [6.45, 7) is 25.8. The van der Waals surface area contributed by atoms with Gasteiger partial charge in [0.15, 0.2) is 0 Å². The molecule has 6 aliphatic heterocycles. The molecule has 0 unspecified atom stereocenters. The Morgan fingerprint density at radius 1 is 0.469 bits per heavy atom. The van der Waals surface area contributed by atoms with Gasteiger partial charge in [-0.2, -0.15) is 0 Å². The highest BCUT2D eigenvalue weighted by atomic mass is 15.1. The van der Waals surface area contributed by atoms with Crippen molar-refractivity contribution in [1.29, 1.82) is 10.8 Å². The predicted octanol–water partition coefficient (Wildman–Crippen LogP) is 8.41. The summed E-state index contributed by atoms with van der Waals surface area (Å²) in [7, 11) is 0. The molecule has 11 heteroatoms. The van der Waals surface area contributed by atoms with Gasteiger partial charge in [0.2, 0.25) is 0 Å². The van der Waals surface area contributed by atoms with E-state index >= 15 is 0 Å². The summed E-state index contributed by atoms with van der Waals surface area (Å²) >= 11 is 0. The monoisotopic (exact) mass is 690 g/mol. The third-order valence-electron chi connectivity index (χ3n) is 6.72. The largest absolute Gasteiger partial charge is 0.388 e. The zero-order chi connectivity index (χ0) is 35.7. The Morgan fingerprint density at radius 2 is 0.755 bits per heavy atom. The SMILES string of the molecule is C.C.CC(=N)N.CC(C)=N.CC1=NCCC1.CC1=NCCC1.CC1=NCCCC1.CC1=NCCCC1.CC1=NCCCN1.CC1=NCCN1. The second kappa shape index (κ2) is 37.6. The summed E-state index contributed by atoms with van der Waals surface area (Å²) in [5, 5.41) is 19.0. The molecule has 0 aromatic carbocycles. The third-order valence-corrected chi connectivity index (χ3v) is 6.72. The lowest BCUT2D eigenvalue weighted by Gasteiger charge is -2.08. The molecule has 286 valence electrons. The molecule has 0 aromatic heterocycles. The van der Waals surface area contributed by atoms with Gasteiger partial charge in [-0.05, 0) is 133 Å². The van der Waals surface area contributed by atoms with Crippen molar-refractivity contribution in [2.75, 3.05) is 52.4 Å². The van der Waals surface area contributed by atoms with Gasteiger partial charge in [-0.3, -0.25) is 35.4 Å². The van der Waals surface area contributed by atoms with E-state index in [1.807, 2.05) is 13.8 Å². The summed E-state index contributed by atoms with van der Waals surface area (Å²) in [5.74, 6) is 2.33. The van der Waals surface area contributed by atoms with Gasteiger partial charge in [0, 0.05) is 74.4 Å². The quantitative estimate of drug-likeness (QED) is 0.127. The van der Waals surface area contributed by atoms with Crippen LogP contribution < -0.4 is 16.4 Å². The van der Waals surface area contributed by atoms with Gasteiger partial charge in [0.1, 0.15) is 0 Å². The van der Waals surface area contributed by atoms with Crippen LogP contribution in [0.25, 0.3) is 0 Å². The summed E-state index contributed by atoms with van der Waals surface area (Å²) in [4.78, 5) is 25.0.